The molecule has 2 aromatic heterocycles. The normalized spacial score (nSPS) is 11.0. The minimum absolute atomic E-state index is 0.752. The summed E-state index contributed by atoms with van der Waals surface area (Å²) in [5.74, 6) is 1.03. The Bertz CT molecular complexity index is 687. The van der Waals surface area contributed by atoms with E-state index in [0.717, 1.165) is 30.1 Å². The average molecular weight is 252 g/mol. The fourth-order valence-corrected chi connectivity index (χ4v) is 2.18. The molecule has 4 heteroatoms. The van der Waals surface area contributed by atoms with Crippen molar-refractivity contribution in [3.8, 4) is 0 Å². The molecule has 1 N–H and O–H groups in total. The highest BCUT2D eigenvalue weighted by atomic mass is 15.1. The van der Waals surface area contributed by atoms with Crippen LogP contribution in [0.1, 0.15) is 11.5 Å². The molecular weight excluding hydrogens is 236 g/mol. The maximum absolute atomic E-state index is 4.68. The van der Waals surface area contributed by atoms with Gasteiger partial charge in [0, 0.05) is 17.8 Å². The summed E-state index contributed by atoms with van der Waals surface area (Å²) in [5.41, 5.74) is 2.09. The Hall–Kier alpha value is -2.20. The smallest absolute Gasteiger partial charge is 0.123 e. The maximum atomic E-state index is 4.68. The molecule has 0 saturated heterocycles. The highest BCUT2D eigenvalue weighted by molar-refractivity contribution is 5.78. The van der Waals surface area contributed by atoms with Crippen LogP contribution < -0.4 is 5.32 Å². The number of pyridine rings is 1. The van der Waals surface area contributed by atoms with Crippen molar-refractivity contribution in [1.29, 1.82) is 0 Å². The van der Waals surface area contributed by atoms with Gasteiger partial charge in [-0.15, -0.1) is 0 Å². The highest BCUT2D eigenvalue weighted by Crippen LogP contribution is 2.13. The lowest BCUT2D eigenvalue weighted by Gasteiger charge is -2.08. The summed E-state index contributed by atoms with van der Waals surface area (Å²) in [7, 11) is 1.92. The first-order chi connectivity index (χ1) is 9.36. The van der Waals surface area contributed by atoms with Crippen molar-refractivity contribution in [1.82, 2.24) is 19.9 Å². The summed E-state index contributed by atoms with van der Waals surface area (Å²) in [6.07, 6.45) is 3.82. The minimum atomic E-state index is 0.752. The molecule has 0 unspecified atom stereocenters. The Morgan fingerprint density at radius 1 is 1.16 bits per heavy atom. The first kappa shape index (κ1) is 11.9. The van der Waals surface area contributed by atoms with Gasteiger partial charge in [0.1, 0.15) is 5.82 Å². The average Bonchev–Trinajstić information content (AvgIpc) is 2.86. The zero-order valence-electron chi connectivity index (χ0n) is 10.9. The van der Waals surface area contributed by atoms with Crippen LogP contribution in [0.2, 0.25) is 0 Å². The molecule has 19 heavy (non-hydrogen) atoms. The molecule has 0 aliphatic heterocycles. The highest BCUT2D eigenvalue weighted by Gasteiger charge is 2.04. The molecule has 0 fully saturated rings. The van der Waals surface area contributed by atoms with Gasteiger partial charge in [-0.05, 0) is 19.2 Å². The molecule has 0 saturated carbocycles. The van der Waals surface area contributed by atoms with Crippen LogP contribution in [-0.2, 0) is 13.1 Å². The molecule has 0 spiro atoms. The van der Waals surface area contributed by atoms with Gasteiger partial charge in [0.15, 0.2) is 0 Å². The number of nitrogens with zero attached hydrogens (tertiary/aromatic N) is 3. The Morgan fingerprint density at radius 3 is 2.95 bits per heavy atom. The summed E-state index contributed by atoms with van der Waals surface area (Å²) in [4.78, 5) is 9.02. The van der Waals surface area contributed by atoms with Crippen molar-refractivity contribution in [3.63, 3.8) is 0 Å². The molecule has 0 atom stereocenters. The molecule has 4 nitrogen and oxygen atoms in total. The van der Waals surface area contributed by atoms with Crippen LogP contribution in [0.25, 0.3) is 10.9 Å². The predicted octanol–water partition coefficient (Wildman–Crippen LogP) is 2.20. The second kappa shape index (κ2) is 5.20. The largest absolute Gasteiger partial charge is 0.328 e. The molecule has 3 rings (SSSR count). The van der Waals surface area contributed by atoms with E-state index in [9.17, 15) is 0 Å². The van der Waals surface area contributed by atoms with E-state index in [4.69, 9.17) is 0 Å². The van der Waals surface area contributed by atoms with Gasteiger partial charge >= 0.3 is 0 Å². The lowest BCUT2D eigenvalue weighted by molar-refractivity contribution is 0.666. The van der Waals surface area contributed by atoms with Crippen molar-refractivity contribution in [2.45, 2.75) is 13.1 Å². The third-order valence-corrected chi connectivity index (χ3v) is 3.13. The van der Waals surface area contributed by atoms with Gasteiger partial charge in [-0.3, -0.25) is 4.98 Å². The quantitative estimate of drug-likeness (QED) is 0.774. The van der Waals surface area contributed by atoms with Gasteiger partial charge in [-0.1, -0.05) is 24.3 Å². The van der Waals surface area contributed by atoms with E-state index < -0.39 is 0 Å². The topological polar surface area (TPSA) is 42.7 Å². The Kier molecular flexibility index (Phi) is 3.25. The Labute approximate surface area is 112 Å². The Balaban J connectivity index is 1.90. The van der Waals surface area contributed by atoms with E-state index >= 15 is 0 Å². The lowest BCUT2D eigenvalue weighted by atomic mass is 10.2. The zero-order valence-corrected chi connectivity index (χ0v) is 10.9. The zero-order chi connectivity index (χ0) is 13.1. The number of para-hydroxylation sites is 1. The number of fused-ring (bicyclic) bond motifs is 1. The molecule has 0 radical (unpaired) electrons. The maximum Gasteiger partial charge on any atom is 0.123 e. The number of hydrogen-bond donors (Lipinski definition) is 1. The molecule has 1 aromatic carbocycles. The van der Waals surface area contributed by atoms with Crippen molar-refractivity contribution in [2.24, 2.45) is 0 Å². The van der Waals surface area contributed by atoms with Crippen molar-refractivity contribution in [3.05, 3.63) is 60.3 Å². The molecule has 3 aromatic rings. The van der Waals surface area contributed by atoms with Crippen LogP contribution in [0.3, 0.4) is 0 Å². The molecule has 0 aliphatic rings. The number of imidazole rings is 1. The third kappa shape index (κ3) is 2.48. The predicted molar refractivity (Wildman–Crippen MR) is 75.8 cm³/mol. The van der Waals surface area contributed by atoms with E-state index in [1.54, 1.807) is 0 Å². The molecule has 0 amide bonds. The van der Waals surface area contributed by atoms with Crippen molar-refractivity contribution in [2.75, 3.05) is 7.05 Å². The third-order valence-electron chi connectivity index (χ3n) is 3.13. The molecule has 0 bridgehead atoms. The van der Waals surface area contributed by atoms with Gasteiger partial charge in [0.25, 0.3) is 0 Å². The van der Waals surface area contributed by atoms with Gasteiger partial charge < -0.3 is 9.88 Å². The van der Waals surface area contributed by atoms with Crippen LogP contribution >= 0.6 is 0 Å². The summed E-state index contributed by atoms with van der Waals surface area (Å²) in [6, 6.07) is 12.4. The van der Waals surface area contributed by atoms with Gasteiger partial charge in [-0.2, -0.15) is 0 Å². The van der Waals surface area contributed by atoms with Gasteiger partial charge in [-0.25, -0.2) is 4.98 Å². The van der Waals surface area contributed by atoms with Crippen LogP contribution in [0.15, 0.2) is 48.8 Å². The summed E-state index contributed by atoms with van der Waals surface area (Å²) in [6.45, 7) is 1.52. The summed E-state index contributed by atoms with van der Waals surface area (Å²) >= 11 is 0. The lowest BCUT2D eigenvalue weighted by Crippen LogP contribution is -2.13. The molecule has 96 valence electrons. The number of benzene rings is 1. The van der Waals surface area contributed by atoms with Crippen LogP contribution in [0.4, 0.5) is 0 Å². The number of aromatic nitrogens is 3. The van der Waals surface area contributed by atoms with E-state index in [-0.39, 0.29) is 0 Å². The summed E-state index contributed by atoms with van der Waals surface area (Å²) < 4.78 is 2.12. The number of rotatable bonds is 4. The van der Waals surface area contributed by atoms with E-state index in [1.807, 2.05) is 37.6 Å². The summed E-state index contributed by atoms with van der Waals surface area (Å²) in [5, 5.41) is 4.30. The van der Waals surface area contributed by atoms with Crippen molar-refractivity contribution >= 4 is 10.9 Å². The molecule has 2 heterocycles. The number of hydrogen-bond acceptors (Lipinski definition) is 3. The first-order valence-electron chi connectivity index (χ1n) is 6.36. The minimum Gasteiger partial charge on any atom is -0.328 e. The fourth-order valence-electron chi connectivity index (χ4n) is 2.18. The second-order valence-electron chi connectivity index (χ2n) is 4.50. The number of nitrogens with one attached hydrogen (secondary N) is 1. The Morgan fingerprint density at radius 2 is 2.05 bits per heavy atom. The van der Waals surface area contributed by atoms with Crippen molar-refractivity contribution < 1.29 is 0 Å². The van der Waals surface area contributed by atoms with Gasteiger partial charge in [0.05, 0.1) is 24.3 Å². The first-order valence-corrected chi connectivity index (χ1v) is 6.36. The van der Waals surface area contributed by atoms with Crippen LogP contribution in [0, 0.1) is 0 Å². The SMILES string of the molecule is CNCc1nccn1Cc1ccc2ccccc2n1. The fraction of sp³-hybridized carbons (Fsp3) is 0.200. The van der Waals surface area contributed by atoms with E-state index in [1.165, 1.54) is 5.39 Å². The van der Waals surface area contributed by atoms with Crippen LogP contribution in [0.5, 0.6) is 0 Å². The molecule has 0 aliphatic carbocycles. The van der Waals surface area contributed by atoms with E-state index in [2.05, 4.69) is 38.1 Å². The molecular formula is C15H16N4. The second-order valence-corrected chi connectivity index (χ2v) is 4.50. The van der Waals surface area contributed by atoms with Gasteiger partial charge in [0.2, 0.25) is 0 Å². The standard InChI is InChI=1S/C15H16N4/c1-16-10-15-17-8-9-19(15)11-13-7-6-12-4-2-3-5-14(12)18-13/h2-9,16H,10-11H2,1H3. The monoisotopic (exact) mass is 252 g/mol. The van der Waals surface area contributed by atoms with E-state index in [0.29, 0.717) is 0 Å². The van der Waals surface area contributed by atoms with Crippen LogP contribution in [-0.4, -0.2) is 21.6 Å².